The molecule has 1 unspecified atom stereocenters. The molecule has 1 aromatic heterocycles. The van der Waals surface area contributed by atoms with E-state index in [1.807, 2.05) is 18.4 Å². The summed E-state index contributed by atoms with van der Waals surface area (Å²) in [6.07, 6.45) is -4.43. The van der Waals surface area contributed by atoms with Crippen LogP contribution in [-0.4, -0.2) is 0 Å². The number of alkyl halides is 3. The van der Waals surface area contributed by atoms with Crippen molar-refractivity contribution >= 4 is 27.3 Å². The van der Waals surface area contributed by atoms with Gasteiger partial charge in [-0.2, -0.15) is 13.2 Å². The van der Waals surface area contributed by atoms with Gasteiger partial charge in [0.05, 0.1) is 11.6 Å². The van der Waals surface area contributed by atoms with Gasteiger partial charge in [0.25, 0.3) is 0 Å². The van der Waals surface area contributed by atoms with Gasteiger partial charge >= 0.3 is 6.18 Å². The molecule has 7 heteroatoms. The third-order valence-electron chi connectivity index (χ3n) is 2.96. The van der Waals surface area contributed by atoms with Gasteiger partial charge < -0.3 is 0 Å². The minimum Gasteiger partial charge on any atom is -0.271 e. The Balaban J connectivity index is 2.59. The third kappa shape index (κ3) is 3.06. The first-order chi connectivity index (χ1) is 9.34. The van der Waals surface area contributed by atoms with Crippen LogP contribution >= 0.6 is 27.3 Å². The summed E-state index contributed by atoms with van der Waals surface area (Å²) in [7, 11) is 0. The van der Waals surface area contributed by atoms with E-state index >= 15 is 0 Å². The van der Waals surface area contributed by atoms with Gasteiger partial charge in [-0.15, -0.1) is 11.3 Å². The van der Waals surface area contributed by atoms with Crippen molar-refractivity contribution in [3.63, 3.8) is 0 Å². The zero-order chi connectivity index (χ0) is 14.9. The van der Waals surface area contributed by atoms with Gasteiger partial charge in [-0.1, -0.05) is 22.0 Å². The van der Waals surface area contributed by atoms with Gasteiger partial charge in [0.15, 0.2) is 0 Å². The fraction of sp³-hybridized carbons (Fsp3) is 0.231. The average Bonchev–Trinajstić information content (AvgIpc) is 2.77. The molecule has 2 nitrogen and oxygen atoms in total. The lowest BCUT2D eigenvalue weighted by Gasteiger charge is -2.21. The Morgan fingerprint density at radius 1 is 1.30 bits per heavy atom. The average molecular weight is 365 g/mol. The van der Waals surface area contributed by atoms with Crippen molar-refractivity contribution in [3.05, 3.63) is 55.7 Å². The summed E-state index contributed by atoms with van der Waals surface area (Å²) in [6, 6.07) is 5.27. The number of hydrogen-bond donors (Lipinski definition) is 2. The molecule has 0 radical (unpaired) electrons. The number of hydrazine groups is 1. The van der Waals surface area contributed by atoms with E-state index in [4.69, 9.17) is 5.84 Å². The minimum absolute atomic E-state index is 0.119. The molecule has 0 spiro atoms. The summed E-state index contributed by atoms with van der Waals surface area (Å²) in [5.41, 5.74) is 2.83. The number of hydrogen-bond acceptors (Lipinski definition) is 3. The fourth-order valence-electron chi connectivity index (χ4n) is 2.01. The maximum absolute atomic E-state index is 13.2. The van der Waals surface area contributed by atoms with Crippen LogP contribution < -0.4 is 11.3 Å². The van der Waals surface area contributed by atoms with Gasteiger partial charge in [-0.25, -0.2) is 5.43 Å². The Kier molecular flexibility index (Phi) is 4.53. The van der Waals surface area contributed by atoms with Crippen LogP contribution in [0.2, 0.25) is 0 Å². The van der Waals surface area contributed by atoms with E-state index in [-0.39, 0.29) is 5.56 Å². The number of thiophene rings is 1. The molecule has 108 valence electrons. The van der Waals surface area contributed by atoms with Crippen LogP contribution in [0.5, 0.6) is 0 Å². The quantitative estimate of drug-likeness (QED) is 0.626. The van der Waals surface area contributed by atoms with Gasteiger partial charge in [-0.3, -0.25) is 5.84 Å². The molecule has 0 fully saturated rings. The normalized spacial score (nSPS) is 13.5. The molecule has 0 amide bonds. The van der Waals surface area contributed by atoms with Crippen molar-refractivity contribution in [3.8, 4) is 0 Å². The molecule has 3 N–H and O–H groups in total. The summed E-state index contributed by atoms with van der Waals surface area (Å²) in [5.74, 6) is 5.49. The number of rotatable bonds is 3. The lowest BCUT2D eigenvalue weighted by molar-refractivity contribution is -0.138. The number of benzene rings is 1. The molecule has 1 heterocycles. The lowest BCUT2D eigenvalue weighted by atomic mass is 9.97. The van der Waals surface area contributed by atoms with Crippen LogP contribution in [0.25, 0.3) is 0 Å². The highest BCUT2D eigenvalue weighted by Gasteiger charge is 2.36. The first-order valence-corrected chi connectivity index (χ1v) is 7.38. The zero-order valence-corrected chi connectivity index (χ0v) is 12.9. The monoisotopic (exact) mass is 364 g/mol. The number of halogens is 4. The van der Waals surface area contributed by atoms with Crippen molar-refractivity contribution in [2.24, 2.45) is 5.84 Å². The molecule has 0 saturated carbocycles. The molecule has 0 aliphatic carbocycles. The predicted octanol–water partition coefficient (Wildman–Crippen LogP) is 4.39. The van der Waals surface area contributed by atoms with Gasteiger partial charge in [-0.05, 0) is 41.6 Å². The number of aryl methyl sites for hydroxylation is 1. The van der Waals surface area contributed by atoms with Crippen LogP contribution in [0.1, 0.15) is 27.6 Å². The molecule has 0 bridgehead atoms. The molecule has 1 aromatic carbocycles. The standard InChI is InChI=1S/C13H12BrF3N2S/c1-7-4-5-20-12(7)11(19-18)9-3-2-8(14)6-10(9)13(15,16)17/h2-6,11,19H,18H2,1H3. The van der Waals surface area contributed by atoms with Crippen LogP contribution in [-0.2, 0) is 6.18 Å². The summed E-state index contributed by atoms with van der Waals surface area (Å²) in [5, 5.41) is 1.83. The van der Waals surface area contributed by atoms with E-state index in [0.29, 0.717) is 4.47 Å². The second kappa shape index (κ2) is 5.85. The molecule has 2 aromatic rings. The highest BCUT2D eigenvalue weighted by atomic mass is 79.9. The number of nitrogens with two attached hydrogens (primary N) is 1. The molecular weight excluding hydrogens is 353 g/mol. The summed E-state index contributed by atoms with van der Waals surface area (Å²) >= 11 is 4.45. The van der Waals surface area contributed by atoms with E-state index < -0.39 is 17.8 Å². The number of nitrogens with one attached hydrogen (secondary N) is 1. The second-order valence-corrected chi connectivity index (χ2v) is 6.16. The second-order valence-electron chi connectivity index (χ2n) is 4.30. The van der Waals surface area contributed by atoms with Crippen LogP contribution in [0.3, 0.4) is 0 Å². The molecule has 2 rings (SSSR count). The summed E-state index contributed by atoms with van der Waals surface area (Å²) in [6.45, 7) is 1.85. The van der Waals surface area contributed by atoms with Crippen molar-refractivity contribution < 1.29 is 13.2 Å². The first-order valence-electron chi connectivity index (χ1n) is 5.71. The van der Waals surface area contributed by atoms with E-state index in [1.165, 1.54) is 17.4 Å². The van der Waals surface area contributed by atoms with E-state index in [1.54, 1.807) is 6.07 Å². The molecular formula is C13H12BrF3N2S. The Bertz CT molecular complexity index is 610. The Morgan fingerprint density at radius 3 is 2.50 bits per heavy atom. The summed E-state index contributed by atoms with van der Waals surface area (Å²) < 4.78 is 39.9. The SMILES string of the molecule is Cc1ccsc1C(NN)c1ccc(Br)cc1C(F)(F)F. The molecule has 20 heavy (non-hydrogen) atoms. The van der Waals surface area contributed by atoms with E-state index in [0.717, 1.165) is 16.5 Å². The Hall–Kier alpha value is -0.890. The van der Waals surface area contributed by atoms with Crippen LogP contribution in [0.4, 0.5) is 13.2 Å². The highest BCUT2D eigenvalue weighted by molar-refractivity contribution is 9.10. The molecule has 0 saturated heterocycles. The van der Waals surface area contributed by atoms with Crippen LogP contribution in [0.15, 0.2) is 34.1 Å². The largest absolute Gasteiger partial charge is 0.416 e. The van der Waals surface area contributed by atoms with E-state index in [2.05, 4.69) is 21.4 Å². The Morgan fingerprint density at radius 2 is 2.00 bits per heavy atom. The Labute approximate surface area is 126 Å². The minimum atomic E-state index is -4.43. The smallest absolute Gasteiger partial charge is 0.271 e. The highest BCUT2D eigenvalue weighted by Crippen LogP contribution is 2.39. The predicted molar refractivity (Wildman–Crippen MR) is 77.4 cm³/mol. The van der Waals surface area contributed by atoms with Gasteiger partial charge in [0, 0.05) is 9.35 Å². The van der Waals surface area contributed by atoms with E-state index in [9.17, 15) is 13.2 Å². The van der Waals surface area contributed by atoms with Crippen molar-refractivity contribution in [2.45, 2.75) is 19.1 Å². The zero-order valence-electron chi connectivity index (χ0n) is 10.5. The third-order valence-corrected chi connectivity index (χ3v) is 4.54. The molecule has 0 aliphatic heterocycles. The van der Waals surface area contributed by atoms with Crippen LogP contribution in [0, 0.1) is 6.92 Å². The molecule has 0 aliphatic rings. The van der Waals surface area contributed by atoms with Crippen molar-refractivity contribution in [2.75, 3.05) is 0 Å². The topological polar surface area (TPSA) is 38.0 Å². The van der Waals surface area contributed by atoms with Crippen molar-refractivity contribution in [1.82, 2.24) is 5.43 Å². The first kappa shape index (κ1) is 15.5. The van der Waals surface area contributed by atoms with Gasteiger partial charge in [0.2, 0.25) is 0 Å². The fourth-order valence-corrected chi connectivity index (χ4v) is 3.38. The maximum Gasteiger partial charge on any atom is 0.416 e. The van der Waals surface area contributed by atoms with Gasteiger partial charge in [0.1, 0.15) is 0 Å². The maximum atomic E-state index is 13.2. The molecule has 1 atom stereocenters. The summed E-state index contributed by atoms with van der Waals surface area (Å²) in [4.78, 5) is 0.778. The van der Waals surface area contributed by atoms with Crippen molar-refractivity contribution in [1.29, 1.82) is 0 Å². The lowest BCUT2D eigenvalue weighted by Crippen LogP contribution is -2.30.